The number of allylic oxidation sites excluding steroid dienone is 16. The number of unbranched alkanes of at least 4 members (excludes halogenated alkanes) is 23. The first-order valence-electron chi connectivity index (χ1n) is 29.9. The molecule has 0 fully saturated rings. The van der Waals surface area contributed by atoms with Gasteiger partial charge in [0, 0.05) is 12.8 Å². The van der Waals surface area contributed by atoms with Gasteiger partial charge in [-0.15, -0.1) is 0 Å². The number of hydrogen-bond acceptors (Lipinski definition) is 8. The summed E-state index contributed by atoms with van der Waals surface area (Å²) in [4.78, 5) is 37.3. The summed E-state index contributed by atoms with van der Waals surface area (Å²) in [6, 6.07) is 0. The van der Waals surface area contributed by atoms with E-state index in [2.05, 4.69) is 111 Å². The number of aliphatic carboxylic acids is 1. The molecule has 74 heavy (non-hydrogen) atoms. The molecule has 0 aliphatic heterocycles. The van der Waals surface area contributed by atoms with Crippen LogP contribution >= 0.6 is 0 Å². The molecule has 9 heteroatoms. The molecule has 9 nitrogen and oxygen atoms in total. The molecule has 0 aromatic rings. The summed E-state index contributed by atoms with van der Waals surface area (Å²) in [5, 5.41) is 11.8. The number of hydrogen-bond donors (Lipinski definition) is 0. The van der Waals surface area contributed by atoms with Crippen molar-refractivity contribution in [2.24, 2.45) is 0 Å². The molecule has 0 aromatic heterocycles. The minimum atomic E-state index is -1.63. The number of carboxylic acids is 1. The van der Waals surface area contributed by atoms with Crippen LogP contribution < -0.4 is 5.11 Å². The molecule has 0 heterocycles. The van der Waals surface area contributed by atoms with Crippen molar-refractivity contribution < 1.29 is 42.9 Å². The van der Waals surface area contributed by atoms with E-state index in [9.17, 15) is 19.5 Å². The van der Waals surface area contributed by atoms with Crippen LogP contribution in [0, 0.1) is 0 Å². The van der Waals surface area contributed by atoms with Crippen molar-refractivity contribution >= 4 is 17.9 Å². The lowest BCUT2D eigenvalue weighted by Gasteiger charge is -2.26. The molecule has 424 valence electrons. The van der Waals surface area contributed by atoms with E-state index in [1.54, 1.807) is 0 Å². The van der Waals surface area contributed by atoms with Crippen molar-refractivity contribution in [1.82, 2.24) is 0 Å². The lowest BCUT2D eigenvalue weighted by Crippen LogP contribution is -2.44. The maximum Gasteiger partial charge on any atom is 0.306 e. The van der Waals surface area contributed by atoms with Gasteiger partial charge in [0.1, 0.15) is 13.2 Å². The number of nitrogens with zero attached hydrogens (tertiary/aromatic N) is 1. The first kappa shape index (κ1) is 70.2. The van der Waals surface area contributed by atoms with Gasteiger partial charge in [0.05, 0.1) is 40.3 Å². The van der Waals surface area contributed by atoms with Crippen LogP contribution in [0.1, 0.15) is 239 Å². The van der Waals surface area contributed by atoms with Gasteiger partial charge in [0.2, 0.25) is 0 Å². The van der Waals surface area contributed by atoms with E-state index in [0.29, 0.717) is 17.4 Å². The van der Waals surface area contributed by atoms with Gasteiger partial charge in [0.25, 0.3) is 0 Å². The third-order valence-electron chi connectivity index (χ3n) is 12.6. The van der Waals surface area contributed by atoms with Gasteiger partial charge in [-0.1, -0.05) is 227 Å². The van der Waals surface area contributed by atoms with Gasteiger partial charge in [0.15, 0.2) is 12.4 Å². The number of likely N-dealkylation sites (N-methyl/N-ethyl adjacent to an activating group) is 1. The first-order valence-corrected chi connectivity index (χ1v) is 29.9. The molecular formula is C65H111NO8. The zero-order valence-electron chi connectivity index (χ0n) is 48.2. The maximum absolute atomic E-state index is 12.9. The van der Waals surface area contributed by atoms with Gasteiger partial charge >= 0.3 is 11.9 Å². The van der Waals surface area contributed by atoms with Gasteiger partial charge in [-0.3, -0.25) is 9.59 Å². The highest BCUT2D eigenvalue weighted by Crippen LogP contribution is 2.15. The summed E-state index contributed by atoms with van der Waals surface area (Å²) in [5.74, 6) is -2.30. The molecule has 0 saturated heterocycles. The van der Waals surface area contributed by atoms with Gasteiger partial charge in [-0.05, 0) is 96.3 Å². The van der Waals surface area contributed by atoms with Crippen molar-refractivity contribution in [2.75, 3.05) is 47.5 Å². The minimum Gasteiger partial charge on any atom is -0.545 e. The standard InChI is InChI=1S/C65H111NO8/c1-6-8-10-12-14-16-18-20-22-24-26-27-28-29-30-31-32-33-34-35-36-37-38-40-42-44-46-48-50-52-54-56-63(68)74-61(60-73-65(64(69)70)71-58-57-66(3,4)5)59-72-62(67)55-53-51-49-47-45-43-41-39-25-23-21-19-17-15-13-11-9-7-2/h8,10,14,16-17,19-20,22-23,25-27,29-30,32-33,61,65H,6-7,9,11-13,15,18,21,24,28,31,34-60H2,1-5H3/b10-8-,16-14-,19-17-,22-20-,25-23-,27-26-,30-29-,33-32-. The Morgan fingerprint density at radius 2 is 0.770 bits per heavy atom. The predicted octanol–water partition coefficient (Wildman–Crippen LogP) is 16.4. The number of ether oxygens (including phenoxy) is 4. The number of quaternary nitrogens is 1. The monoisotopic (exact) mass is 1030 g/mol. The zero-order chi connectivity index (χ0) is 54.1. The number of carbonyl (C=O) groups excluding carboxylic acids is 3. The smallest absolute Gasteiger partial charge is 0.306 e. The Labute approximate surface area is 454 Å². The Morgan fingerprint density at radius 1 is 0.419 bits per heavy atom. The number of esters is 2. The Balaban J connectivity index is 4.22. The topological polar surface area (TPSA) is 111 Å². The third-order valence-corrected chi connectivity index (χ3v) is 12.6. The van der Waals surface area contributed by atoms with Crippen molar-refractivity contribution in [3.05, 3.63) is 97.2 Å². The second-order valence-electron chi connectivity index (χ2n) is 20.9. The summed E-state index contributed by atoms with van der Waals surface area (Å²) in [6.07, 6.45) is 71.7. The molecule has 0 rings (SSSR count). The Morgan fingerprint density at radius 3 is 1.15 bits per heavy atom. The van der Waals surface area contributed by atoms with Crippen molar-refractivity contribution in [2.45, 2.75) is 251 Å². The van der Waals surface area contributed by atoms with Gasteiger partial charge < -0.3 is 33.3 Å². The minimum absolute atomic E-state index is 0.142. The zero-order valence-corrected chi connectivity index (χ0v) is 48.2. The summed E-state index contributed by atoms with van der Waals surface area (Å²) in [7, 11) is 5.91. The molecule has 0 saturated carbocycles. The lowest BCUT2D eigenvalue weighted by atomic mass is 10.0. The highest BCUT2D eigenvalue weighted by atomic mass is 16.7. The Hall–Kier alpha value is -3.79. The fourth-order valence-corrected chi connectivity index (χ4v) is 7.98. The Kier molecular flexibility index (Phi) is 52.6. The summed E-state index contributed by atoms with van der Waals surface area (Å²) < 4.78 is 22.7. The second kappa shape index (κ2) is 55.4. The van der Waals surface area contributed by atoms with Crippen molar-refractivity contribution in [1.29, 1.82) is 0 Å². The van der Waals surface area contributed by atoms with Gasteiger partial charge in [-0.25, -0.2) is 0 Å². The molecule has 2 unspecified atom stereocenters. The molecule has 0 bridgehead atoms. The van der Waals surface area contributed by atoms with Crippen LogP contribution in [-0.2, 0) is 33.3 Å². The number of carboxylic acid groups (broad SMARTS) is 1. The van der Waals surface area contributed by atoms with Crippen molar-refractivity contribution in [3.8, 4) is 0 Å². The first-order chi connectivity index (χ1) is 36.1. The highest BCUT2D eigenvalue weighted by molar-refractivity contribution is 5.70. The molecule has 0 aliphatic rings. The van der Waals surface area contributed by atoms with Crippen LogP contribution in [-0.4, -0.2) is 82.3 Å². The van der Waals surface area contributed by atoms with E-state index in [0.717, 1.165) is 96.3 Å². The molecule has 0 aliphatic carbocycles. The van der Waals surface area contributed by atoms with E-state index in [1.807, 2.05) is 21.1 Å². The van der Waals surface area contributed by atoms with Gasteiger partial charge in [-0.2, -0.15) is 0 Å². The van der Waals surface area contributed by atoms with Crippen LogP contribution in [0.15, 0.2) is 97.2 Å². The molecule has 0 amide bonds. The van der Waals surface area contributed by atoms with Crippen LogP contribution in [0.5, 0.6) is 0 Å². The second-order valence-corrected chi connectivity index (χ2v) is 20.9. The average Bonchev–Trinajstić information content (AvgIpc) is 3.37. The molecule has 0 spiro atoms. The molecule has 0 aromatic carbocycles. The highest BCUT2D eigenvalue weighted by Gasteiger charge is 2.22. The molecular weight excluding hydrogens is 923 g/mol. The number of carbonyl (C=O) groups is 3. The lowest BCUT2D eigenvalue weighted by molar-refractivity contribution is -0.870. The number of rotatable bonds is 54. The fourth-order valence-electron chi connectivity index (χ4n) is 7.98. The summed E-state index contributed by atoms with van der Waals surface area (Å²) in [6.45, 7) is 4.61. The van der Waals surface area contributed by atoms with Crippen LogP contribution in [0.3, 0.4) is 0 Å². The molecule has 0 N–H and O–H groups in total. The average molecular weight is 1030 g/mol. The normalized spacial score (nSPS) is 13.5. The Bertz CT molecular complexity index is 1530. The van der Waals surface area contributed by atoms with E-state index in [1.165, 1.54) is 109 Å². The third kappa shape index (κ3) is 55.9. The largest absolute Gasteiger partial charge is 0.545 e. The van der Waals surface area contributed by atoms with Crippen LogP contribution in [0.2, 0.25) is 0 Å². The van der Waals surface area contributed by atoms with Crippen molar-refractivity contribution in [3.63, 3.8) is 0 Å². The maximum atomic E-state index is 12.9. The van der Waals surface area contributed by atoms with E-state index >= 15 is 0 Å². The quantitative estimate of drug-likeness (QED) is 0.0195. The fraction of sp³-hybridized carbons (Fsp3) is 0.708. The SMILES string of the molecule is CC/C=C\C/C=C\C/C=C\C/C=C\C/C=C\C/C=C\CCCCCCCCCCCCCCC(=O)OC(COC(=O)CCCCCCCCC/C=C\C/C=C\CCCCCC)COC(OCC[N+](C)(C)C)C(=O)[O-]. The van der Waals surface area contributed by atoms with Crippen LogP contribution in [0.25, 0.3) is 0 Å². The van der Waals surface area contributed by atoms with E-state index in [4.69, 9.17) is 18.9 Å². The van der Waals surface area contributed by atoms with E-state index in [-0.39, 0.29) is 38.6 Å². The molecule has 2 atom stereocenters. The molecule has 0 radical (unpaired) electrons. The predicted molar refractivity (Wildman–Crippen MR) is 311 cm³/mol. The van der Waals surface area contributed by atoms with E-state index < -0.39 is 24.3 Å². The summed E-state index contributed by atoms with van der Waals surface area (Å²) in [5.41, 5.74) is 0. The summed E-state index contributed by atoms with van der Waals surface area (Å²) >= 11 is 0. The van der Waals surface area contributed by atoms with Crippen LogP contribution in [0.4, 0.5) is 0 Å².